The molecule has 0 bridgehead atoms. The van der Waals surface area contributed by atoms with E-state index in [2.05, 4.69) is 0 Å². The van der Waals surface area contributed by atoms with Gasteiger partial charge in [0, 0.05) is 0 Å². The van der Waals surface area contributed by atoms with E-state index in [1.54, 1.807) is 0 Å². The Morgan fingerprint density at radius 2 is 0.345 bits per heavy atom. The van der Waals surface area contributed by atoms with E-state index in [4.69, 9.17) is 71.8 Å². The molecule has 0 N–H and O–H groups in total. The van der Waals surface area contributed by atoms with E-state index >= 15 is 0 Å². The fraction of sp³-hybridized carbons (Fsp3) is 0. The molecule has 0 aliphatic rings. The molecule has 0 spiro atoms. The second-order valence-electron chi connectivity index (χ2n) is 2.15. The summed E-state index contributed by atoms with van der Waals surface area (Å²) in [6.07, 6.45) is 0. The van der Waals surface area contributed by atoms with Crippen molar-refractivity contribution >= 4 is 150 Å². The van der Waals surface area contributed by atoms with Crippen LogP contribution in [-0.2, 0) is 22.8 Å². The smallest absolute Gasteiger partial charge is 0.786 e. The SMILES string of the molecule is O=P([O-])([O-])F.O=P([O-])([O-])F.O=P([O-])([O-])F.O=P([O-])([O-])F.O=P([O-])([O-])F.[Al+3].[Al+3].[Ca+2].[Ca+2]. The molecule has 0 radical (unpaired) electrons. The van der Waals surface area contributed by atoms with Gasteiger partial charge in [-0.2, -0.15) is 0 Å². The molecule has 0 aromatic carbocycles. The average Bonchev–Trinajstić information content (AvgIpc) is 1.79. The molecular formula is Al2Ca2F5O15P5. The van der Waals surface area contributed by atoms with Gasteiger partial charge in [0.1, 0.15) is 39.5 Å². The van der Waals surface area contributed by atoms with Crippen LogP contribution in [0.2, 0.25) is 0 Å². The van der Waals surface area contributed by atoms with Crippen molar-refractivity contribution in [3.63, 3.8) is 0 Å². The maximum atomic E-state index is 10.1. The summed E-state index contributed by atoms with van der Waals surface area (Å²) in [4.78, 5) is 84.4. The van der Waals surface area contributed by atoms with Gasteiger partial charge in [0.15, 0.2) is 0 Å². The van der Waals surface area contributed by atoms with Gasteiger partial charge < -0.3 is 71.8 Å². The Morgan fingerprint density at radius 3 is 0.345 bits per heavy atom. The first-order valence-corrected chi connectivity index (χ1v) is 10.8. The van der Waals surface area contributed by atoms with Crippen molar-refractivity contribution in [1.82, 2.24) is 0 Å². The van der Waals surface area contributed by atoms with Gasteiger partial charge in [-0.3, -0.25) is 0 Å². The van der Waals surface area contributed by atoms with Crippen LogP contribution in [0, 0.1) is 0 Å². The Kier molecular flexibility index (Phi) is 53.8. The molecule has 0 rings (SSSR count). The minimum atomic E-state index is -5.64. The maximum Gasteiger partial charge on any atom is 3.00 e. The molecule has 0 heterocycles. The van der Waals surface area contributed by atoms with Crippen molar-refractivity contribution in [1.29, 1.82) is 0 Å². The van der Waals surface area contributed by atoms with E-state index in [1.807, 2.05) is 0 Å². The van der Waals surface area contributed by atoms with Crippen molar-refractivity contribution in [2.45, 2.75) is 0 Å². The van der Waals surface area contributed by atoms with Gasteiger partial charge in [-0.25, -0.2) is 21.0 Å². The van der Waals surface area contributed by atoms with Crippen LogP contribution in [-0.4, -0.2) is 110 Å². The molecule has 29 heteroatoms. The molecule has 0 aromatic heterocycles. The van der Waals surface area contributed by atoms with Gasteiger partial charge >= 0.3 is 110 Å². The van der Waals surface area contributed by atoms with Crippen molar-refractivity contribution in [3.05, 3.63) is 0 Å². The van der Waals surface area contributed by atoms with Crippen LogP contribution in [0.4, 0.5) is 21.0 Å². The Labute approximate surface area is 239 Å². The molecule has 29 heavy (non-hydrogen) atoms. The molecule has 0 amide bonds. The number of halogens is 5. The average molecular weight is 624 g/mol. The summed E-state index contributed by atoms with van der Waals surface area (Å²) in [5.74, 6) is 0. The predicted molar refractivity (Wildman–Crippen MR) is 66.6 cm³/mol. The molecule has 0 fully saturated rings. The van der Waals surface area contributed by atoms with Crippen LogP contribution < -0.4 is 48.9 Å². The fourth-order valence-corrected chi connectivity index (χ4v) is 0. The largest absolute Gasteiger partial charge is 3.00 e. The van der Waals surface area contributed by atoms with Gasteiger partial charge in [-0.1, -0.05) is 0 Å². The Balaban J connectivity index is -0.0000000238. The van der Waals surface area contributed by atoms with Gasteiger partial charge in [0.2, 0.25) is 0 Å². The van der Waals surface area contributed by atoms with Gasteiger partial charge in [-0.15, -0.1) is 0 Å². The first-order valence-electron chi connectivity index (χ1n) is 3.58. The first-order chi connectivity index (χ1) is 10.0. The third-order valence-electron chi connectivity index (χ3n) is 0. The van der Waals surface area contributed by atoms with Crippen molar-refractivity contribution in [2.75, 3.05) is 0 Å². The van der Waals surface area contributed by atoms with Crippen LogP contribution in [0.3, 0.4) is 0 Å². The topological polar surface area (TPSA) is 316 Å². The Hall–Kier alpha value is 3.98. The van der Waals surface area contributed by atoms with E-state index in [0.29, 0.717) is 0 Å². The summed E-state index contributed by atoms with van der Waals surface area (Å²) >= 11 is 0. The standard InChI is InChI=1S/2Al.2Ca.5FH2O3P/c;;;;5*1-5(2,3)4/h;;;;5*(H2,2,3,4)/q2*+3;2*+2;;;;;/p-10. The van der Waals surface area contributed by atoms with Crippen LogP contribution in [0.5, 0.6) is 0 Å². The molecule has 0 unspecified atom stereocenters. The summed E-state index contributed by atoms with van der Waals surface area (Å²) in [5.41, 5.74) is 0. The molecule has 0 saturated heterocycles. The molecule has 15 nitrogen and oxygen atoms in total. The first kappa shape index (κ1) is 58.7. The number of hydrogen-bond acceptors (Lipinski definition) is 15. The molecule has 0 saturated carbocycles. The van der Waals surface area contributed by atoms with Crippen molar-refractivity contribution in [3.8, 4) is 0 Å². The van der Waals surface area contributed by atoms with Crippen LogP contribution in [0.1, 0.15) is 0 Å². The fourth-order valence-electron chi connectivity index (χ4n) is 0. The molecular weight excluding hydrogens is 624 g/mol. The minimum Gasteiger partial charge on any atom is -0.786 e. The number of rotatable bonds is 0. The second kappa shape index (κ2) is 26.6. The molecule has 0 aliphatic carbocycles. The number of hydrogen-bond donors (Lipinski definition) is 0. The maximum absolute atomic E-state index is 10.1. The van der Waals surface area contributed by atoms with E-state index in [1.165, 1.54) is 0 Å². The van der Waals surface area contributed by atoms with E-state index in [0.717, 1.165) is 0 Å². The van der Waals surface area contributed by atoms with Crippen LogP contribution in [0.15, 0.2) is 0 Å². The molecule has 0 atom stereocenters. The third kappa shape index (κ3) is 1810. The van der Waals surface area contributed by atoms with Gasteiger partial charge in [0.25, 0.3) is 0 Å². The Morgan fingerprint density at radius 1 is 0.345 bits per heavy atom. The van der Waals surface area contributed by atoms with E-state index in [-0.39, 0.29) is 110 Å². The van der Waals surface area contributed by atoms with E-state index < -0.39 is 39.5 Å². The van der Waals surface area contributed by atoms with E-state index in [9.17, 15) is 21.0 Å². The monoisotopic (exact) mass is 624 g/mol. The summed E-state index contributed by atoms with van der Waals surface area (Å²) in [5, 5.41) is 0. The van der Waals surface area contributed by atoms with Crippen molar-refractivity contribution in [2.24, 2.45) is 0 Å². The third-order valence-corrected chi connectivity index (χ3v) is 0. The normalized spacial score (nSPS) is 10.2. The zero-order chi connectivity index (χ0) is 22.5. The van der Waals surface area contributed by atoms with Gasteiger partial charge in [0.05, 0.1) is 0 Å². The molecule has 160 valence electrons. The quantitative estimate of drug-likeness (QED) is 0.137. The molecule has 0 aliphatic heterocycles. The summed E-state index contributed by atoms with van der Waals surface area (Å²) in [6, 6.07) is 0. The van der Waals surface area contributed by atoms with Crippen LogP contribution >= 0.6 is 39.5 Å². The van der Waals surface area contributed by atoms with Gasteiger partial charge in [-0.05, 0) is 0 Å². The summed E-state index contributed by atoms with van der Waals surface area (Å²) < 4.78 is 92.8. The van der Waals surface area contributed by atoms with Crippen molar-refractivity contribution < 1.29 is 92.7 Å². The zero-order valence-corrected chi connectivity index (χ0v) is 24.0. The summed E-state index contributed by atoms with van der Waals surface area (Å²) in [7, 11) is -28.2. The zero-order valence-electron chi connectivity index (χ0n) is 12.8. The summed E-state index contributed by atoms with van der Waals surface area (Å²) in [6.45, 7) is 0. The van der Waals surface area contributed by atoms with Crippen LogP contribution in [0.25, 0.3) is 0 Å². The predicted octanol–water partition coefficient (Wildman–Crippen LogP) is -7.60. The molecule has 0 aromatic rings. The Bertz CT molecular complexity index is 402. The minimum absolute atomic E-state index is 0. The second-order valence-corrected chi connectivity index (χ2v) is 6.46.